The molecule has 1 aliphatic carbocycles. The van der Waals surface area contributed by atoms with E-state index in [0.717, 1.165) is 17.7 Å². The average Bonchev–Trinajstić information content (AvgIpc) is 3.13. The first-order chi connectivity index (χ1) is 17.8. The van der Waals surface area contributed by atoms with Crippen molar-refractivity contribution in [2.45, 2.75) is 64.3 Å². The molecule has 1 saturated carbocycles. The van der Waals surface area contributed by atoms with Gasteiger partial charge in [0.1, 0.15) is 0 Å². The SMILES string of the molecule is CC(CCC(=O)NC=O)N1C(=O)c2cccc(NCCOCCO)c2C1=O.O=C(O)CC1CCCCC1. The van der Waals surface area contributed by atoms with Gasteiger partial charge in [0.05, 0.1) is 30.9 Å². The molecule has 4 amide bonds. The van der Waals surface area contributed by atoms with Gasteiger partial charge in [0, 0.05) is 31.1 Å². The van der Waals surface area contributed by atoms with E-state index in [0.29, 0.717) is 48.7 Å². The Balaban J connectivity index is 0.000000402. The van der Waals surface area contributed by atoms with E-state index in [4.69, 9.17) is 14.9 Å². The Morgan fingerprint density at radius 2 is 1.89 bits per heavy atom. The minimum atomic E-state index is -0.632. The molecule has 11 heteroatoms. The van der Waals surface area contributed by atoms with Crippen molar-refractivity contribution in [1.82, 2.24) is 10.2 Å². The number of nitrogens with one attached hydrogen (secondary N) is 2. The molecular formula is C26H37N3O8. The first-order valence-electron chi connectivity index (χ1n) is 12.7. The fraction of sp³-hybridized carbons (Fsp3) is 0.577. The average molecular weight is 520 g/mol. The second kappa shape index (κ2) is 15.7. The molecule has 4 N–H and O–H groups in total. The number of carboxylic acids is 1. The number of anilines is 1. The summed E-state index contributed by atoms with van der Waals surface area (Å²) in [7, 11) is 0. The molecule has 0 spiro atoms. The highest BCUT2D eigenvalue weighted by molar-refractivity contribution is 6.24. The van der Waals surface area contributed by atoms with Gasteiger partial charge in [0.15, 0.2) is 0 Å². The van der Waals surface area contributed by atoms with Gasteiger partial charge in [-0.15, -0.1) is 0 Å². The van der Waals surface area contributed by atoms with Gasteiger partial charge in [-0.25, -0.2) is 0 Å². The molecule has 3 rings (SSSR count). The zero-order chi connectivity index (χ0) is 27.2. The van der Waals surface area contributed by atoms with Crippen molar-refractivity contribution in [2.75, 3.05) is 31.7 Å². The lowest BCUT2D eigenvalue weighted by molar-refractivity contribution is -0.138. The van der Waals surface area contributed by atoms with Crippen LogP contribution in [-0.2, 0) is 19.1 Å². The number of ether oxygens (including phenoxy) is 1. The maximum absolute atomic E-state index is 12.8. The van der Waals surface area contributed by atoms with E-state index in [1.54, 1.807) is 25.1 Å². The van der Waals surface area contributed by atoms with Gasteiger partial charge in [0.25, 0.3) is 11.8 Å². The highest BCUT2D eigenvalue weighted by Gasteiger charge is 2.40. The topological polar surface area (TPSA) is 162 Å². The highest BCUT2D eigenvalue weighted by Crippen LogP contribution is 2.31. The Hall–Kier alpha value is -3.31. The third-order valence-electron chi connectivity index (χ3n) is 6.38. The number of carbonyl (C=O) groups excluding carboxylic acids is 4. The van der Waals surface area contributed by atoms with Crippen molar-refractivity contribution in [3.63, 3.8) is 0 Å². The van der Waals surface area contributed by atoms with Crippen LogP contribution in [0, 0.1) is 5.92 Å². The molecule has 1 aromatic rings. The second-order valence-corrected chi connectivity index (χ2v) is 9.15. The lowest BCUT2D eigenvalue weighted by Crippen LogP contribution is -2.38. The van der Waals surface area contributed by atoms with Crippen molar-refractivity contribution in [1.29, 1.82) is 0 Å². The van der Waals surface area contributed by atoms with Crippen LogP contribution in [0.1, 0.15) is 79.0 Å². The summed E-state index contributed by atoms with van der Waals surface area (Å²) < 4.78 is 5.17. The number of carbonyl (C=O) groups is 5. The van der Waals surface area contributed by atoms with E-state index < -0.39 is 29.7 Å². The van der Waals surface area contributed by atoms with E-state index in [-0.39, 0.29) is 26.1 Å². The molecule has 0 bridgehead atoms. The molecule has 204 valence electrons. The number of aliphatic carboxylic acids is 1. The third-order valence-corrected chi connectivity index (χ3v) is 6.38. The maximum Gasteiger partial charge on any atom is 0.303 e. The first kappa shape index (κ1) is 29.9. The second-order valence-electron chi connectivity index (χ2n) is 9.15. The smallest absolute Gasteiger partial charge is 0.303 e. The maximum atomic E-state index is 12.8. The number of hydrogen-bond acceptors (Lipinski definition) is 8. The summed E-state index contributed by atoms with van der Waals surface area (Å²) in [5.41, 5.74) is 1.14. The predicted molar refractivity (Wildman–Crippen MR) is 135 cm³/mol. The van der Waals surface area contributed by atoms with Crippen LogP contribution in [0.15, 0.2) is 18.2 Å². The summed E-state index contributed by atoms with van der Waals surface area (Å²) in [4.78, 5) is 58.6. The predicted octanol–water partition coefficient (Wildman–Crippen LogP) is 2.19. The monoisotopic (exact) mass is 519 g/mol. The Morgan fingerprint density at radius 1 is 1.16 bits per heavy atom. The molecule has 1 fully saturated rings. The summed E-state index contributed by atoms with van der Waals surface area (Å²) in [5.74, 6) is -1.44. The highest BCUT2D eigenvalue weighted by atomic mass is 16.5. The number of aliphatic hydroxyl groups is 1. The van der Waals surface area contributed by atoms with Crippen LogP contribution in [-0.4, -0.2) is 77.6 Å². The quantitative estimate of drug-likeness (QED) is 0.174. The lowest BCUT2D eigenvalue weighted by atomic mass is 9.87. The number of imide groups is 2. The molecule has 37 heavy (non-hydrogen) atoms. The van der Waals surface area contributed by atoms with Gasteiger partial charge in [-0.2, -0.15) is 0 Å². The Labute approximate surface area is 216 Å². The summed E-state index contributed by atoms with van der Waals surface area (Å²) >= 11 is 0. The number of benzene rings is 1. The third kappa shape index (κ3) is 9.25. The lowest BCUT2D eigenvalue weighted by Gasteiger charge is -2.22. The van der Waals surface area contributed by atoms with Gasteiger partial charge in [-0.1, -0.05) is 25.3 Å². The van der Waals surface area contributed by atoms with Crippen molar-refractivity contribution in [3.05, 3.63) is 29.3 Å². The zero-order valence-corrected chi connectivity index (χ0v) is 21.2. The molecule has 0 radical (unpaired) electrons. The van der Waals surface area contributed by atoms with E-state index in [1.165, 1.54) is 19.3 Å². The van der Waals surface area contributed by atoms with Gasteiger partial charge in [0.2, 0.25) is 12.3 Å². The number of rotatable bonds is 13. The summed E-state index contributed by atoms with van der Waals surface area (Å²) in [5, 5.41) is 22.3. The molecule has 2 aliphatic rings. The van der Waals surface area contributed by atoms with E-state index in [2.05, 4.69) is 5.32 Å². The Bertz CT molecular complexity index is 946. The van der Waals surface area contributed by atoms with Crippen LogP contribution in [0.25, 0.3) is 0 Å². The van der Waals surface area contributed by atoms with E-state index in [1.807, 2.05) is 5.32 Å². The Kier molecular flexibility index (Phi) is 12.7. The first-order valence-corrected chi connectivity index (χ1v) is 12.7. The summed E-state index contributed by atoms with van der Waals surface area (Å²) in [6, 6.07) is 4.50. The van der Waals surface area contributed by atoms with Crippen molar-refractivity contribution in [3.8, 4) is 0 Å². The number of aliphatic hydroxyl groups excluding tert-OH is 1. The molecule has 1 aromatic carbocycles. The largest absolute Gasteiger partial charge is 0.481 e. The van der Waals surface area contributed by atoms with Gasteiger partial charge in [-0.3, -0.25) is 34.2 Å². The van der Waals surface area contributed by atoms with Crippen LogP contribution >= 0.6 is 0 Å². The van der Waals surface area contributed by atoms with Gasteiger partial charge < -0.3 is 20.3 Å². The molecule has 1 heterocycles. The number of nitrogens with zero attached hydrogens (tertiary/aromatic N) is 1. The molecule has 11 nitrogen and oxygen atoms in total. The number of carboxylic acid groups (broad SMARTS) is 1. The molecule has 1 atom stereocenters. The van der Waals surface area contributed by atoms with Gasteiger partial charge >= 0.3 is 5.97 Å². The normalized spacial score (nSPS) is 15.9. The van der Waals surface area contributed by atoms with Crippen molar-refractivity contribution >= 4 is 35.8 Å². The van der Waals surface area contributed by atoms with Crippen LogP contribution in [0.2, 0.25) is 0 Å². The van der Waals surface area contributed by atoms with Gasteiger partial charge in [-0.05, 0) is 44.2 Å². The Morgan fingerprint density at radius 3 is 2.54 bits per heavy atom. The minimum absolute atomic E-state index is 0.0284. The minimum Gasteiger partial charge on any atom is -0.481 e. The molecule has 1 unspecified atom stereocenters. The van der Waals surface area contributed by atoms with Crippen molar-refractivity contribution < 1.29 is 38.9 Å². The van der Waals surface area contributed by atoms with Crippen LogP contribution in [0.3, 0.4) is 0 Å². The fourth-order valence-electron chi connectivity index (χ4n) is 4.52. The molecule has 1 aliphatic heterocycles. The van der Waals surface area contributed by atoms with E-state index >= 15 is 0 Å². The van der Waals surface area contributed by atoms with Crippen LogP contribution < -0.4 is 10.6 Å². The summed E-state index contributed by atoms with van der Waals surface area (Å²) in [6.07, 6.45) is 7.01. The van der Waals surface area contributed by atoms with Crippen LogP contribution in [0.5, 0.6) is 0 Å². The number of hydrogen-bond donors (Lipinski definition) is 4. The zero-order valence-electron chi connectivity index (χ0n) is 21.2. The molecular weight excluding hydrogens is 482 g/mol. The number of amides is 4. The van der Waals surface area contributed by atoms with Crippen molar-refractivity contribution in [2.24, 2.45) is 5.92 Å². The molecule has 0 saturated heterocycles. The number of fused-ring (bicyclic) bond motifs is 1. The molecule has 0 aromatic heterocycles. The fourth-order valence-corrected chi connectivity index (χ4v) is 4.52. The summed E-state index contributed by atoms with van der Waals surface area (Å²) in [6.45, 7) is 2.61. The van der Waals surface area contributed by atoms with Crippen LogP contribution in [0.4, 0.5) is 5.69 Å². The van der Waals surface area contributed by atoms with E-state index in [9.17, 15) is 24.0 Å². The standard InChI is InChI=1S/C18H23N3O6.C8H14O2/c1-12(5-6-15(24)20-11-23)21-17(25)13-3-2-4-14(16(13)18(21)26)19-7-9-27-10-8-22;9-8(10)6-7-4-2-1-3-5-7/h2-4,11-12,19,22H,5-10H2,1H3,(H,20,23,24);7H,1-6H2,(H,9,10).